The van der Waals surface area contributed by atoms with Crippen molar-refractivity contribution in [2.75, 3.05) is 12.3 Å². The molecule has 0 aliphatic rings. The summed E-state index contributed by atoms with van der Waals surface area (Å²) >= 11 is 5.86. The van der Waals surface area contributed by atoms with E-state index in [-0.39, 0.29) is 18.8 Å². The number of rotatable bonds is 9. The van der Waals surface area contributed by atoms with Gasteiger partial charge in [0, 0.05) is 18.1 Å². The smallest absolute Gasteiger partial charge is 0.260 e. The van der Waals surface area contributed by atoms with Gasteiger partial charge in [0.1, 0.15) is 5.75 Å². The van der Waals surface area contributed by atoms with Crippen molar-refractivity contribution in [1.29, 1.82) is 0 Å². The summed E-state index contributed by atoms with van der Waals surface area (Å²) < 4.78 is 31.9. The van der Waals surface area contributed by atoms with Crippen LogP contribution in [0, 0.1) is 0 Å². The number of ether oxygens (including phenoxy) is 1. The lowest BCUT2D eigenvalue weighted by Crippen LogP contribution is -2.40. The predicted octanol–water partition coefficient (Wildman–Crippen LogP) is 2.34. The van der Waals surface area contributed by atoms with Crippen LogP contribution in [0.15, 0.2) is 54.6 Å². The molecule has 0 bridgehead atoms. The summed E-state index contributed by atoms with van der Waals surface area (Å²) in [6.07, 6.45) is -0.770. The van der Waals surface area contributed by atoms with E-state index in [1.54, 1.807) is 31.2 Å². The normalized spacial score (nSPS) is 12.4. The number of sulfonamides is 1. The molecule has 1 amide bonds. The monoisotopic (exact) mass is 396 g/mol. The number of halogens is 1. The molecule has 0 aromatic heterocycles. The molecule has 2 aromatic rings. The highest BCUT2D eigenvalue weighted by Gasteiger charge is 2.16. The molecule has 6 nitrogen and oxygen atoms in total. The van der Waals surface area contributed by atoms with E-state index in [1.807, 2.05) is 30.3 Å². The molecule has 1 unspecified atom stereocenters. The van der Waals surface area contributed by atoms with Crippen LogP contribution in [0.4, 0.5) is 0 Å². The lowest BCUT2D eigenvalue weighted by atomic mass is 10.2. The Morgan fingerprint density at radius 2 is 1.88 bits per heavy atom. The molecule has 0 heterocycles. The fourth-order valence-electron chi connectivity index (χ4n) is 2.11. The van der Waals surface area contributed by atoms with E-state index in [9.17, 15) is 13.2 Å². The minimum absolute atomic E-state index is 0.00774. The van der Waals surface area contributed by atoms with Crippen molar-refractivity contribution in [3.05, 3.63) is 65.2 Å². The molecule has 0 radical (unpaired) electrons. The molecule has 0 aliphatic carbocycles. The van der Waals surface area contributed by atoms with Crippen LogP contribution in [0.5, 0.6) is 5.75 Å². The first-order chi connectivity index (χ1) is 12.4. The summed E-state index contributed by atoms with van der Waals surface area (Å²) in [6.45, 7) is 1.79. The maximum atomic E-state index is 12.0. The molecule has 8 heteroatoms. The van der Waals surface area contributed by atoms with Gasteiger partial charge < -0.3 is 10.1 Å². The second-order valence-corrected chi connectivity index (χ2v) is 8.00. The van der Waals surface area contributed by atoms with Crippen molar-refractivity contribution >= 4 is 27.5 Å². The number of carbonyl (C=O) groups excluding carboxylic acids is 1. The van der Waals surface area contributed by atoms with Gasteiger partial charge in [0.2, 0.25) is 10.0 Å². The Balaban J connectivity index is 1.74. The number of hydrogen-bond acceptors (Lipinski definition) is 4. The van der Waals surface area contributed by atoms with Gasteiger partial charge in [-0.25, -0.2) is 13.1 Å². The van der Waals surface area contributed by atoms with Crippen LogP contribution in [0.2, 0.25) is 5.02 Å². The molecule has 2 rings (SSSR count). The zero-order valence-corrected chi connectivity index (χ0v) is 15.9. The third-order valence-corrected chi connectivity index (χ3v) is 5.05. The van der Waals surface area contributed by atoms with Crippen LogP contribution in [-0.2, 0) is 21.4 Å². The number of nitrogens with one attached hydrogen (secondary N) is 2. The maximum absolute atomic E-state index is 12.0. The topological polar surface area (TPSA) is 84.5 Å². The summed E-state index contributed by atoms with van der Waals surface area (Å²) in [4.78, 5) is 12.0. The van der Waals surface area contributed by atoms with Gasteiger partial charge in [0.25, 0.3) is 5.91 Å². The van der Waals surface area contributed by atoms with Gasteiger partial charge in [0.05, 0.1) is 5.75 Å². The Morgan fingerprint density at radius 3 is 2.58 bits per heavy atom. The molecule has 2 N–H and O–H groups in total. The number of amides is 1. The summed E-state index contributed by atoms with van der Waals surface area (Å²) in [7, 11) is -3.49. The van der Waals surface area contributed by atoms with E-state index in [4.69, 9.17) is 16.3 Å². The van der Waals surface area contributed by atoms with Gasteiger partial charge in [-0.05, 0) is 30.7 Å². The summed E-state index contributed by atoms with van der Waals surface area (Å²) in [5.41, 5.74) is 0.864. The quantitative estimate of drug-likeness (QED) is 0.681. The van der Waals surface area contributed by atoms with Crippen molar-refractivity contribution in [2.45, 2.75) is 19.6 Å². The van der Waals surface area contributed by atoms with Gasteiger partial charge in [-0.1, -0.05) is 48.0 Å². The average Bonchev–Trinajstić information content (AvgIpc) is 2.61. The largest absolute Gasteiger partial charge is 0.481 e. The number of carbonyl (C=O) groups is 1. The molecule has 0 fully saturated rings. The van der Waals surface area contributed by atoms with Crippen molar-refractivity contribution in [1.82, 2.24) is 10.0 Å². The second kappa shape index (κ2) is 9.56. The lowest BCUT2D eigenvalue weighted by molar-refractivity contribution is -0.127. The minimum atomic E-state index is -3.49. The van der Waals surface area contributed by atoms with E-state index in [1.165, 1.54) is 0 Å². The summed E-state index contributed by atoms with van der Waals surface area (Å²) in [5, 5.41) is 3.06. The van der Waals surface area contributed by atoms with Gasteiger partial charge in [-0.3, -0.25) is 4.79 Å². The van der Waals surface area contributed by atoms with E-state index in [0.717, 1.165) is 5.56 Å². The number of hydrogen-bond donors (Lipinski definition) is 2. The first kappa shape index (κ1) is 20.2. The first-order valence-electron chi connectivity index (χ1n) is 8.07. The molecule has 2 aromatic carbocycles. The Kier molecular flexibility index (Phi) is 7.44. The fourth-order valence-corrected chi connectivity index (χ4v) is 3.19. The predicted molar refractivity (Wildman–Crippen MR) is 102 cm³/mol. The van der Waals surface area contributed by atoms with Gasteiger partial charge in [-0.15, -0.1) is 0 Å². The van der Waals surface area contributed by atoms with Crippen LogP contribution < -0.4 is 14.8 Å². The highest BCUT2D eigenvalue weighted by molar-refractivity contribution is 7.89. The Bertz CT molecular complexity index is 828. The van der Waals surface area contributed by atoms with Crippen LogP contribution >= 0.6 is 11.6 Å². The molecule has 0 spiro atoms. The number of benzene rings is 2. The van der Waals surface area contributed by atoms with Crippen molar-refractivity contribution in [3.8, 4) is 5.75 Å². The van der Waals surface area contributed by atoms with Crippen LogP contribution in [-0.4, -0.2) is 32.7 Å². The van der Waals surface area contributed by atoms with E-state index < -0.39 is 22.0 Å². The van der Waals surface area contributed by atoms with Crippen molar-refractivity contribution in [3.63, 3.8) is 0 Å². The van der Waals surface area contributed by atoms with E-state index in [2.05, 4.69) is 10.0 Å². The molecule has 140 valence electrons. The van der Waals surface area contributed by atoms with Crippen LogP contribution in [0.1, 0.15) is 12.5 Å². The molecular formula is C18H21ClN2O4S. The highest BCUT2D eigenvalue weighted by atomic mass is 35.5. The molecule has 0 saturated carbocycles. The minimum Gasteiger partial charge on any atom is -0.481 e. The van der Waals surface area contributed by atoms with E-state index >= 15 is 0 Å². The Morgan fingerprint density at radius 1 is 1.15 bits per heavy atom. The summed E-state index contributed by atoms with van der Waals surface area (Å²) in [5.74, 6) is -0.143. The lowest BCUT2D eigenvalue weighted by Gasteiger charge is -2.15. The Labute approximate surface area is 158 Å². The zero-order valence-electron chi connectivity index (χ0n) is 14.3. The molecule has 0 saturated heterocycles. The van der Waals surface area contributed by atoms with Gasteiger partial charge in [0.15, 0.2) is 6.10 Å². The van der Waals surface area contributed by atoms with Gasteiger partial charge >= 0.3 is 0 Å². The van der Waals surface area contributed by atoms with E-state index in [0.29, 0.717) is 10.8 Å². The standard InChI is InChI=1S/C18H21ClN2O4S/c1-14(25-17-9-5-8-16(19)12-17)18(22)20-10-11-26(23,24)21-13-15-6-3-2-4-7-15/h2-9,12,14,21H,10-11,13H2,1H3,(H,20,22). The second-order valence-electron chi connectivity index (χ2n) is 5.63. The first-order valence-corrected chi connectivity index (χ1v) is 10.1. The van der Waals surface area contributed by atoms with Crippen LogP contribution in [0.25, 0.3) is 0 Å². The maximum Gasteiger partial charge on any atom is 0.260 e. The molecular weight excluding hydrogens is 376 g/mol. The average molecular weight is 397 g/mol. The Hall–Kier alpha value is -2.09. The third-order valence-electron chi connectivity index (χ3n) is 3.49. The fraction of sp³-hybridized carbons (Fsp3) is 0.278. The molecule has 1 atom stereocenters. The SMILES string of the molecule is CC(Oc1cccc(Cl)c1)C(=O)NCCS(=O)(=O)NCc1ccccc1. The third kappa shape index (κ3) is 7.03. The summed E-state index contributed by atoms with van der Waals surface area (Å²) in [6, 6.07) is 15.9. The van der Waals surface area contributed by atoms with Crippen LogP contribution in [0.3, 0.4) is 0 Å². The van der Waals surface area contributed by atoms with Crippen molar-refractivity contribution in [2.24, 2.45) is 0 Å². The molecule has 26 heavy (non-hydrogen) atoms. The zero-order chi connectivity index (χ0) is 19.0. The molecule has 0 aliphatic heterocycles. The van der Waals surface area contributed by atoms with Gasteiger partial charge in [-0.2, -0.15) is 0 Å². The highest BCUT2D eigenvalue weighted by Crippen LogP contribution is 2.18. The van der Waals surface area contributed by atoms with Crippen molar-refractivity contribution < 1.29 is 17.9 Å².